The summed E-state index contributed by atoms with van der Waals surface area (Å²) in [4.78, 5) is 6.47. The first kappa shape index (κ1) is 33.3. The molecule has 3 aliphatic rings. The van der Waals surface area contributed by atoms with Crippen LogP contribution in [0.4, 0.5) is 11.4 Å². The molecule has 2 aliphatic carbocycles. The third-order valence-corrected chi connectivity index (χ3v) is 14.2. The fourth-order valence-corrected chi connectivity index (χ4v) is 11.5. The lowest BCUT2D eigenvalue weighted by Gasteiger charge is -2.41. The van der Waals surface area contributed by atoms with E-state index in [-0.39, 0.29) is 0 Å². The van der Waals surface area contributed by atoms with E-state index in [1.54, 1.807) is 0 Å². The van der Waals surface area contributed by atoms with Crippen LogP contribution in [0.1, 0.15) is 52.0 Å². The van der Waals surface area contributed by atoms with Gasteiger partial charge in [0.15, 0.2) is 0 Å². The van der Waals surface area contributed by atoms with Crippen LogP contribution in [0, 0.1) is 0 Å². The molecule has 9 aromatic rings. The third kappa shape index (κ3) is 4.80. The number of thiophene rings is 1. The lowest BCUT2D eigenvalue weighted by Crippen LogP contribution is -2.33. The highest BCUT2D eigenvalue weighted by Crippen LogP contribution is 2.64. The Morgan fingerprint density at radius 3 is 2.09 bits per heavy atom. The molecule has 0 amide bonds. The Morgan fingerprint density at radius 2 is 1.26 bits per heavy atom. The summed E-state index contributed by atoms with van der Waals surface area (Å²) in [6.45, 7) is 2.38. The van der Waals surface area contributed by atoms with Crippen LogP contribution in [-0.2, 0) is 5.41 Å². The van der Waals surface area contributed by atoms with Crippen molar-refractivity contribution in [2.24, 2.45) is 0 Å². The van der Waals surface area contributed by atoms with Crippen LogP contribution in [0.3, 0.4) is 0 Å². The molecule has 58 heavy (non-hydrogen) atoms. The first-order valence-electron chi connectivity index (χ1n) is 20.3. The highest BCUT2D eigenvalue weighted by Gasteiger charge is 2.51. The minimum Gasteiger partial charge on any atom is -0.354 e. The van der Waals surface area contributed by atoms with Crippen molar-refractivity contribution >= 4 is 38.9 Å². The van der Waals surface area contributed by atoms with Gasteiger partial charge < -0.3 is 5.32 Å². The second-order valence-electron chi connectivity index (χ2n) is 15.9. The Morgan fingerprint density at radius 1 is 0.569 bits per heavy atom. The summed E-state index contributed by atoms with van der Waals surface area (Å²) in [5.74, 6) is 0.465. The number of hydrogen-bond donors (Lipinski definition) is 1. The third-order valence-electron chi connectivity index (χ3n) is 12.7. The zero-order valence-electron chi connectivity index (χ0n) is 32.0. The van der Waals surface area contributed by atoms with E-state index in [9.17, 15) is 0 Å². The largest absolute Gasteiger partial charge is 0.354 e. The smallest absolute Gasteiger partial charge is 0.0754 e. The van der Waals surface area contributed by atoms with Crippen molar-refractivity contribution in [3.8, 4) is 55.8 Å². The van der Waals surface area contributed by atoms with E-state index in [1.165, 1.54) is 87.4 Å². The number of hydrogen-bond acceptors (Lipinski definition) is 3. The minimum absolute atomic E-state index is 0.465. The number of para-hydroxylation sites is 1. The zero-order valence-corrected chi connectivity index (χ0v) is 32.9. The number of rotatable bonds is 4. The van der Waals surface area contributed by atoms with Crippen LogP contribution in [0.5, 0.6) is 0 Å². The van der Waals surface area contributed by atoms with Gasteiger partial charge in [-0.25, -0.2) is 0 Å². The van der Waals surface area contributed by atoms with Crippen molar-refractivity contribution in [3.05, 3.63) is 215 Å². The van der Waals surface area contributed by atoms with E-state index >= 15 is 0 Å². The summed E-state index contributed by atoms with van der Waals surface area (Å²) < 4.78 is 1.34. The van der Waals surface area contributed by atoms with Crippen molar-refractivity contribution in [3.63, 3.8) is 0 Å². The van der Waals surface area contributed by atoms with Gasteiger partial charge in [0.05, 0.1) is 16.8 Å². The van der Waals surface area contributed by atoms with Gasteiger partial charge in [0.1, 0.15) is 0 Å². The van der Waals surface area contributed by atoms with E-state index in [4.69, 9.17) is 4.98 Å². The maximum atomic E-state index is 4.99. The monoisotopic (exact) mass is 758 g/mol. The van der Waals surface area contributed by atoms with E-state index < -0.39 is 5.41 Å². The number of allylic oxidation sites excluding steroid dienone is 1. The first-order chi connectivity index (χ1) is 28.7. The molecule has 0 fully saturated rings. The number of fused-ring (bicyclic) bond motifs is 12. The second-order valence-corrected chi connectivity index (χ2v) is 17.0. The lowest BCUT2D eigenvalue weighted by molar-refractivity contribution is 0.765. The standard InChI is InChI=1S/C55H38N2S/c1-34-14-12-22-43-44-33-48-52(51(54(44)58-53(34)43)40-20-13-19-37(30-40)35-15-4-2-5-16-35)57-49-25-11-10-24-46(49)55(48)45-23-9-8-21-41(45)42-27-26-39(31-47(42)55)50-32-38(28-29-56-50)36-17-6-3-7-18-36/h2-13,15-34,57H,14H2,1H3. The molecule has 2 aromatic heterocycles. The molecule has 2 atom stereocenters. The summed E-state index contributed by atoms with van der Waals surface area (Å²) in [6, 6.07) is 62.7. The minimum atomic E-state index is -0.588. The van der Waals surface area contributed by atoms with Gasteiger partial charge in [0.25, 0.3) is 0 Å². The SMILES string of the molecule is CC1CC=Cc2c1sc1c(-c3cccc(-c4ccccc4)c3)c3c(cc21)C1(c2ccccc2N3)c2ccccc2-c2ccc(-c3cc(-c4ccccc4)ccn3)cc21. The number of nitrogens with zero attached hydrogens (tertiary/aromatic N) is 1. The average Bonchev–Trinajstić information content (AvgIpc) is 3.81. The Hall–Kier alpha value is -6.81. The highest BCUT2D eigenvalue weighted by atomic mass is 32.1. The van der Waals surface area contributed by atoms with E-state index in [0.29, 0.717) is 5.92 Å². The topological polar surface area (TPSA) is 24.9 Å². The maximum absolute atomic E-state index is 4.99. The Kier molecular flexibility index (Phi) is 7.39. The fraction of sp³-hybridized carbons (Fsp3) is 0.0727. The van der Waals surface area contributed by atoms with Gasteiger partial charge in [-0.1, -0.05) is 153 Å². The molecule has 0 bridgehead atoms. The molecular weight excluding hydrogens is 721 g/mol. The zero-order chi connectivity index (χ0) is 38.4. The molecule has 3 heteroatoms. The van der Waals surface area contributed by atoms with Crippen molar-refractivity contribution < 1.29 is 0 Å². The summed E-state index contributed by atoms with van der Waals surface area (Å²) in [5.41, 5.74) is 20.2. The van der Waals surface area contributed by atoms with Gasteiger partial charge >= 0.3 is 0 Å². The lowest BCUT2D eigenvalue weighted by atomic mass is 9.64. The van der Waals surface area contributed by atoms with Gasteiger partial charge in [-0.15, -0.1) is 11.3 Å². The summed E-state index contributed by atoms with van der Waals surface area (Å²) >= 11 is 1.99. The molecule has 1 aliphatic heterocycles. The Bertz CT molecular complexity index is 3140. The van der Waals surface area contributed by atoms with Gasteiger partial charge in [-0.05, 0) is 115 Å². The van der Waals surface area contributed by atoms with E-state index in [0.717, 1.165) is 28.9 Å². The summed E-state index contributed by atoms with van der Waals surface area (Å²) in [5, 5.41) is 5.45. The van der Waals surface area contributed by atoms with E-state index in [1.807, 2.05) is 17.5 Å². The molecule has 7 aromatic carbocycles. The van der Waals surface area contributed by atoms with Crippen molar-refractivity contribution in [2.75, 3.05) is 5.32 Å². The van der Waals surface area contributed by atoms with Crippen LogP contribution in [0.2, 0.25) is 0 Å². The van der Waals surface area contributed by atoms with Gasteiger partial charge in [0, 0.05) is 38.0 Å². The normalized spacial score (nSPS) is 16.9. The van der Waals surface area contributed by atoms with Crippen LogP contribution in [-0.4, -0.2) is 4.98 Å². The molecule has 0 saturated carbocycles. The second kappa shape index (κ2) is 12.9. The van der Waals surface area contributed by atoms with Crippen LogP contribution >= 0.6 is 11.3 Å². The number of anilines is 2. The molecule has 0 saturated heterocycles. The highest BCUT2D eigenvalue weighted by molar-refractivity contribution is 7.20. The van der Waals surface area contributed by atoms with Crippen molar-refractivity contribution in [2.45, 2.75) is 24.7 Å². The summed E-state index contributed by atoms with van der Waals surface area (Å²) in [6.07, 6.45) is 7.78. The summed E-state index contributed by atoms with van der Waals surface area (Å²) in [7, 11) is 0. The van der Waals surface area contributed by atoms with Gasteiger partial charge in [-0.2, -0.15) is 0 Å². The van der Waals surface area contributed by atoms with Crippen LogP contribution < -0.4 is 5.32 Å². The van der Waals surface area contributed by atoms with Crippen LogP contribution in [0.15, 0.2) is 182 Å². The fourth-order valence-electron chi connectivity index (χ4n) is 10.1. The first-order valence-corrected chi connectivity index (χ1v) is 21.1. The van der Waals surface area contributed by atoms with Gasteiger partial charge in [-0.3, -0.25) is 4.98 Å². The number of aromatic nitrogens is 1. The maximum Gasteiger partial charge on any atom is 0.0754 e. The van der Waals surface area contributed by atoms with Crippen molar-refractivity contribution in [1.29, 1.82) is 0 Å². The van der Waals surface area contributed by atoms with Crippen molar-refractivity contribution in [1.82, 2.24) is 4.98 Å². The van der Waals surface area contributed by atoms with Gasteiger partial charge in [0.2, 0.25) is 0 Å². The predicted octanol–water partition coefficient (Wildman–Crippen LogP) is 14.9. The average molecular weight is 759 g/mol. The Balaban J connectivity index is 1.19. The molecule has 12 rings (SSSR count). The molecule has 274 valence electrons. The number of pyridine rings is 1. The Labute approximate surface area is 342 Å². The predicted molar refractivity (Wildman–Crippen MR) is 244 cm³/mol. The molecule has 1 spiro atoms. The van der Waals surface area contributed by atoms with Crippen LogP contribution in [0.25, 0.3) is 71.9 Å². The molecule has 2 unspecified atom stereocenters. The van der Waals surface area contributed by atoms with E-state index in [2.05, 4.69) is 194 Å². The molecule has 0 radical (unpaired) electrons. The quantitative estimate of drug-likeness (QED) is 0.193. The molecule has 3 heterocycles. The number of benzene rings is 7. The molecule has 1 N–H and O–H groups in total. The molecular formula is C55H38N2S. The number of nitrogens with one attached hydrogen (secondary N) is 1. The molecule has 2 nitrogen and oxygen atoms in total.